The molecule has 2 atom stereocenters. The van der Waals surface area contributed by atoms with E-state index in [1.807, 2.05) is 18.2 Å². The summed E-state index contributed by atoms with van der Waals surface area (Å²) in [6.07, 6.45) is 5.55. The first kappa shape index (κ1) is 15.5. The van der Waals surface area contributed by atoms with Crippen molar-refractivity contribution in [1.29, 1.82) is 0 Å². The van der Waals surface area contributed by atoms with Gasteiger partial charge >= 0.3 is 0 Å². The SMILES string of the molecule is Cl.O=c1cc(CN2CCC3CCC(C2)N3)nc2ccccn12. The first-order chi connectivity index (χ1) is 10.3. The minimum Gasteiger partial charge on any atom is -0.310 e. The van der Waals surface area contributed by atoms with Crippen molar-refractivity contribution in [3.05, 3.63) is 46.5 Å². The van der Waals surface area contributed by atoms with E-state index in [1.165, 1.54) is 19.3 Å². The van der Waals surface area contributed by atoms with Crippen LogP contribution in [0.25, 0.3) is 5.65 Å². The van der Waals surface area contributed by atoms with Crippen LogP contribution in [0.1, 0.15) is 25.0 Å². The molecule has 0 saturated carbocycles. The molecule has 5 nitrogen and oxygen atoms in total. The van der Waals surface area contributed by atoms with Crippen molar-refractivity contribution in [1.82, 2.24) is 19.6 Å². The molecule has 0 aromatic carbocycles. The van der Waals surface area contributed by atoms with E-state index >= 15 is 0 Å². The van der Waals surface area contributed by atoms with Gasteiger partial charge in [-0.2, -0.15) is 0 Å². The van der Waals surface area contributed by atoms with Crippen molar-refractivity contribution in [3.63, 3.8) is 0 Å². The molecule has 4 heterocycles. The van der Waals surface area contributed by atoms with Crippen molar-refractivity contribution in [2.75, 3.05) is 13.1 Å². The van der Waals surface area contributed by atoms with Crippen LogP contribution in [-0.4, -0.2) is 39.5 Å². The molecule has 2 aliphatic rings. The fourth-order valence-corrected chi connectivity index (χ4v) is 3.57. The van der Waals surface area contributed by atoms with E-state index < -0.39 is 0 Å². The number of pyridine rings is 1. The second-order valence-corrected chi connectivity index (χ2v) is 6.18. The largest absolute Gasteiger partial charge is 0.310 e. The number of nitrogens with zero attached hydrogens (tertiary/aromatic N) is 3. The summed E-state index contributed by atoms with van der Waals surface area (Å²) in [4.78, 5) is 19.2. The topological polar surface area (TPSA) is 49.6 Å². The molecular formula is C16H21ClN4O. The van der Waals surface area contributed by atoms with Crippen molar-refractivity contribution in [3.8, 4) is 0 Å². The standard InChI is InChI=1S/C16H20N4O.ClH/c21-16-9-14(18-15-3-1-2-7-20(15)16)11-19-8-6-12-4-5-13(10-19)17-12;/h1-3,7,9,12-13,17H,4-6,8,10-11H2;1H. The Hall–Kier alpha value is -1.43. The monoisotopic (exact) mass is 320 g/mol. The van der Waals surface area contributed by atoms with Crippen LogP contribution in [0, 0.1) is 0 Å². The molecule has 0 aliphatic carbocycles. The molecule has 0 amide bonds. The van der Waals surface area contributed by atoms with Crippen LogP contribution in [0.15, 0.2) is 35.3 Å². The Labute approximate surface area is 135 Å². The van der Waals surface area contributed by atoms with Gasteiger partial charge in [-0.15, -0.1) is 12.4 Å². The van der Waals surface area contributed by atoms with Gasteiger partial charge in [0.05, 0.1) is 5.69 Å². The number of hydrogen-bond acceptors (Lipinski definition) is 4. The van der Waals surface area contributed by atoms with Gasteiger partial charge in [0.25, 0.3) is 5.56 Å². The summed E-state index contributed by atoms with van der Waals surface area (Å²) in [5, 5.41) is 3.68. The summed E-state index contributed by atoms with van der Waals surface area (Å²) in [6.45, 7) is 2.92. The van der Waals surface area contributed by atoms with Gasteiger partial charge in [0.1, 0.15) is 5.65 Å². The quantitative estimate of drug-likeness (QED) is 0.910. The molecule has 0 spiro atoms. The molecule has 1 N–H and O–H groups in total. The number of fused-ring (bicyclic) bond motifs is 3. The molecule has 2 bridgehead atoms. The molecule has 0 radical (unpaired) electrons. The van der Waals surface area contributed by atoms with Crippen molar-refractivity contribution < 1.29 is 0 Å². The van der Waals surface area contributed by atoms with Crippen LogP contribution >= 0.6 is 12.4 Å². The first-order valence-corrected chi connectivity index (χ1v) is 7.74. The maximum Gasteiger partial charge on any atom is 0.258 e. The second kappa shape index (κ2) is 6.36. The van der Waals surface area contributed by atoms with Crippen LogP contribution in [0.2, 0.25) is 0 Å². The smallest absolute Gasteiger partial charge is 0.258 e. The summed E-state index contributed by atoms with van der Waals surface area (Å²) < 4.78 is 1.59. The maximum atomic E-state index is 12.1. The normalized spacial score (nSPS) is 24.9. The summed E-state index contributed by atoms with van der Waals surface area (Å²) in [5.41, 5.74) is 1.61. The number of nitrogens with one attached hydrogen (secondary N) is 1. The van der Waals surface area contributed by atoms with Crippen LogP contribution in [0.4, 0.5) is 0 Å². The molecule has 2 aliphatic heterocycles. The highest BCUT2D eigenvalue weighted by atomic mass is 35.5. The Morgan fingerprint density at radius 2 is 2.09 bits per heavy atom. The Bertz CT molecular complexity index is 717. The van der Waals surface area contributed by atoms with E-state index in [0.29, 0.717) is 12.1 Å². The molecule has 2 saturated heterocycles. The average molecular weight is 321 g/mol. The predicted molar refractivity (Wildman–Crippen MR) is 88.5 cm³/mol. The lowest BCUT2D eigenvalue weighted by Gasteiger charge is -2.23. The van der Waals surface area contributed by atoms with Crippen molar-refractivity contribution >= 4 is 18.1 Å². The number of rotatable bonds is 2. The fourth-order valence-electron chi connectivity index (χ4n) is 3.57. The lowest BCUT2D eigenvalue weighted by molar-refractivity contribution is 0.248. The maximum absolute atomic E-state index is 12.1. The molecule has 2 aromatic rings. The number of aromatic nitrogens is 2. The summed E-state index contributed by atoms with van der Waals surface area (Å²) in [7, 11) is 0. The third kappa shape index (κ3) is 3.02. The van der Waals surface area contributed by atoms with Gasteiger partial charge in [-0.3, -0.25) is 14.1 Å². The predicted octanol–water partition coefficient (Wildman–Crippen LogP) is 1.44. The van der Waals surface area contributed by atoms with Gasteiger partial charge in [-0.25, -0.2) is 4.98 Å². The Balaban J connectivity index is 0.00000144. The number of halogens is 1. The zero-order valence-electron chi connectivity index (χ0n) is 12.4. The molecule has 2 unspecified atom stereocenters. The van der Waals surface area contributed by atoms with Crippen LogP contribution in [0.3, 0.4) is 0 Å². The average Bonchev–Trinajstić information content (AvgIpc) is 2.82. The third-order valence-electron chi connectivity index (χ3n) is 4.62. The minimum atomic E-state index is 0. The summed E-state index contributed by atoms with van der Waals surface area (Å²) >= 11 is 0. The van der Waals surface area contributed by atoms with E-state index in [2.05, 4.69) is 15.2 Å². The van der Waals surface area contributed by atoms with Crippen LogP contribution < -0.4 is 10.9 Å². The lowest BCUT2D eigenvalue weighted by Crippen LogP contribution is -2.35. The van der Waals surface area contributed by atoms with Gasteiger partial charge < -0.3 is 5.32 Å². The highest BCUT2D eigenvalue weighted by molar-refractivity contribution is 5.85. The van der Waals surface area contributed by atoms with E-state index in [4.69, 9.17) is 0 Å². The van der Waals surface area contributed by atoms with E-state index in [-0.39, 0.29) is 18.0 Å². The minimum absolute atomic E-state index is 0. The summed E-state index contributed by atoms with van der Waals surface area (Å²) in [6, 6.07) is 8.63. The third-order valence-corrected chi connectivity index (χ3v) is 4.62. The first-order valence-electron chi connectivity index (χ1n) is 7.74. The molecule has 4 rings (SSSR count). The molecule has 2 fully saturated rings. The van der Waals surface area contributed by atoms with E-state index in [9.17, 15) is 4.79 Å². The van der Waals surface area contributed by atoms with Gasteiger partial charge in [-0.1, -0.05) is 6.07 Å². The van der Waals surface area contributed by atoms with E-state index in [1.54, 1.807) is 16.7 Å². The zero-order chi connectivity index (χ0) is 14.2. The fraction of sp³-hybridized carbons (Fsp3) is 0.500. The number of hydrogen-bond donors (Lipinski definition) is 1. The van der Waals surface area contributed by atoms with Crippen LogP contribution in [-0.2, 0) is 6.54 Å². The lowest BCUT2D eigenvalue weighted by atomic mass is 10.1. The highest BCUT2D eigenvalue weighted by Crippen LogP contribution is 2.21. The summed E-state index contributed by atoms with van der Waals surface area (Å²) in [5.74, 6) is 0. The molecular weight excluding hydrogens is 300 g/mol. The zero-order valence-corrected chi connectivity index (χ0v) is 13.3. The van der Waals surface area contributed by atoms with Gasteiger partial charge in [0, 0.05) is 44.0 Å². The molecule has 6 heteroatoms. The van der Waals surface area contributed by atoms with Crippen molar-refractivity contribution in [2.45, 2.75) is 37.9 Å². The molecule has 2 aromatic heterocycles. The van der Waals surface area contributed by atoms with Crippen LogP contribution in [0.5, 0.6) is 0 Å². The molecule has 118 valence electrons. The Morgan fingerprint density at radius 3 is 3.00 bits per heavy atom. The Morgan fingerprint density at radius 1 is 1.23 bits per heavy atom. The van der Waals surface area contributed by atoms with Crippen molar-refractivity contribution in [2.24, 2.45) is 0 Å². The van der Waals surface area contributed by atoms with E-state index in [0.717, 1.165) is 31.0 Å². The van der Waals surface area contributed by atoms with Gasteiger partial charge in [-0.05, 0) is 31.4 Å². The second-order valence-electron chi connectivity index (χ2n) is 6.18. The Kier molecular flexibility index (Phi) is 4.47. The molecule has 22 heavy (non-hydrogen) atoms. The van der Waals surface area contributed by atoms with Gasteiger partial charge in [0.15, 0.2) is 0 Å². The van der Waals surface area contributed by atoms with Gasteiger partial charge in [0.2, 0.25) is 0 Å². The highest BCUT2D eigenvalue weighted by Gasteiger charge is 2.29. The number of likely N-dealkylation sites (tertiary alicyclic amines) is 1.